The summed E-state index contributed by atoms with van der Waals surface area (Å²) in [5.74, 6) is -1.06. The zero-order valence-electron chi connectivity index (χ0n) is 45.2. The van der Waals surface area contributed by atoms with Crippen LogP contribution in [0.2, 0.25) is 0 Å². The van der Waals surface area contributed by atoms with Crippen molar-refractivity contribution in [1.29, 1.82) is 0 Å². The van der Waals surface area contributed by atoms with Crippen molar-refractivity contribution < 1.29 is 82.6 Å². The van der Waals surface area contributed by atoms with E-state index < -0.39 is 94.6 Å². The maximum absolute atomic E-state index is 13.5. The lowest BCUT2D eigenvalue weighted by Gasteiger charge is -2.27. The van der Waals surface area contributed by atoms with Crippen LogP contribution in [-0.4, -0.2) is 120 Å². The Kier molecular flexibility index (Phi) is 18.7. The molecule has 5 aromatic carbocycles. The third-order valence-corrected chi connectivity index (χ3v) is 17.9. The topological polar surface area (TPSA) is 369 Å². The van der Waals surface area contributed by atoms with Crippen molar-refractivity contribution >= 4 is 118 Å². The van der Waals surface area contributed by atoms with Gasteiger partial charge < -0.3 is 19.5 Å². The molecule has 0 bridgehead atoms. The highest BCUT2D eigenvalue weighted by Crippen LogP contribution is 2.52. The molecule has 1 aromatic heterocycles. The van der Waals surface area contributed by atoms with E-state index in [4.69, 9.17) is 17.6 Å². The normalized spacial score (nSPS) is 16.0. The van der Waals surface area contributed by atoms with Gasteiger partial charge in [-0.25, -0.2) is 0 Å². The fourth-order valence-corrected chi connectivity index (χ4v) is 13.4. The number of nitrogens with zero attached hydrogens (tertiary/aromatic N) is 3. The van der Waals surface area contributed by atoms with E-state index in [9.17, 15) is 65.4 Å². The molecule has 2 aliphatic rings. The van der Waals surface area contributed by atoms with Crippen molar-refractivity contribution in [2.75, 3.05) is 35.0 Å². The predicted octanol–water partition coefficient (Wildman–Crippen LogP) is 7.00. The Labute approximate surface area is 484 Å². The molecular formula is C54H57N5O18S6. The Balaban J connectivity index is 0.00000240. The van der Waals surface area contributed by atoms with E-state index in [1.807, 2.05) is 45.1 Å². The molecule has 0 saturated carbocycles. The Hall–Kier alpha value is -6.90. The van der Waals surface area contributed by atoms with Gasteiger partial charge >= 0.3 is 10.6 Å². The van der Waals surface area contributed by atoms with Crippen LogP contribution in [0.4, 0.5) is 17.1 Å². The molecule has 23 nitrogen and oxygen atoms in total. The summed E-state index contributed by atoms with van der Waals surface area (Å²) in [6, 6.07) is 21.3. The highest BCUT2D eigenvalue weighted by Gasteiger charge is 2.46. The average Bonchev–Trinajstić information content (AvgIpc) is 2.69. The summed E-state index contributed by atoms with van der Waals surface area (Å²) in [6.07, 6.45) is 9.64. The van der Waals surface area contributed by atoms with Crippen molar-refractivity contribution in [1.82, 2.24) is 10.3 Å². The number of allylic oxidation sites excluding steroid dienone is 6. The largest absolute Gasteiger partial charge is 0.755 e. The van der Waals surface area contributed by atoms with Gasteiger partial charge in [0.05, 0.1) is 32.2 Å². The number of aryl methyl sites for hydroxylation is 1. The van der Waals surface area contributed by atoms with Gasteiger partial charge in [-0.15, -0.1) is 12.6 Å². The first-order chi connectivity index (χ1) is 38.5. The molecule has 1 atom stereocenters. The zero-order chi connectivity index (χ0) is 61.4. The van der Waals surface area contributed by atoms with Crippen molar-refractivity contribution in [2.24, 2.45) is 0 Å². The van der Waals surface area contributed by atoms with Crippen LogP contribution in [0, 0.1) is 6.92 Å². The summed E-state index contributed by atoms with van der Waals surface area (Å²) in [4.78, 5) is 18.1. The first kappa shape index (κ1) is 63.7. The molecule has 3 heterocycles. The number of rotatable bonds is 19. The van der Waals surface area contributed by atoms with E-state index >= 15 is 0 Å². The first-order valence-corrected chi connectivity index (χ1v) is 33.1. The number of hydrogen-bond acceptors (Lipinski definition) is 16. The fourth-order valence-electron chi connectivity index (χ4n) is 10.6. The van der Waals surface area contributed by atoms with E-state index in [0.717, 1.165) is 34.0 Å². The van der Waals surface area contributed by atoms with Gasteiger partial charge in [-0.1, -0.05) is 45.0 Å². The minimum absolute atomic E-state index is 0.0348. The van der Waals surface area contributed by atoms with E-state index in [1.165, 1.54) is 24.4 Å². The highest BCUT2D eigenvalue weighted by atomic mass is 32.2. The van der Waals surface area contributed by atoms with Gasteiger partial charge in [0.2, 0.25) is 5.69 Å². The Morgan fingerprint density at radius 2 is 1.37 bits per heavy atom. The van der Waals surface area contributed by atoms with Crippen molar-refractivity contribution in [3.05, 3.63) is 155 Å². The smallest absolute Gasteiger partial charge is 0.425 e. The lowest BCUT2D eigenvalue weighted by Crippen LogP contribution is -2.28. The monoisotopic (exact) mass is 1260 g/mol. The molecule has 1 unspecified atom stereocenters. The van der Waals surface area contributed by atoms with Crippen LogP contribution >= 0.6 is 0 Å². The number of carbonyl (C=O) groups is 1. The molecule has 8 rings (SSSR count). The zero-order valence-corrected chi connectivity index (χ0v) is 50.1. The van der Waals surface area contributed by atoms with Gasteiger partial charge in [0.25, 0.3) is 46.4 Å². The molecule has 442 valence electrons. The van der Waals surface area contributed by atoms with Crippen LogP contribution in [0.1, 0.15) is 85.8 Å². The second-order valence-electron chi connectivity index (χ2n) is 20.5. The SMILES string of the molecule is CCC[N+]1=C(/C=C/C(=C/C=C2/N(CCCS(=O)(=O)O)c3ccc4c(S(=O)(=O)O)cc(S(=O)(=O)O)cc4c3C2(C)C)c2ccc(C(=O)NCCc3ccc(NS(=O)[O-])cc3)cn2)C(C)(C)c2c1ccc1c(C)cc(S(=O)(=O)O)cc21.O=S(=O)=O. The Morgan fingerprint density at radius 3 is 1.94 bits per heavy atom. The summed E-state index contributed by atoms with van der Waals surface area (Å²) in [5, 5.41) is 4.28. The minimum atomic E-state index is -5.08. The third kappa shape index (κ3) is 14.4. The second kappa shape index (κ2) is 24.4. The number of carbonyl (C=O) groups excluding carboxylic acids is 1. The number of nitrogens with one attached hydrogen (secondary N) is 2. The van der Waals surface area contributed by atoms with Crippen LogP contribution < -0.4 is 14.9 Å². The maximum atomic E-state index is 13.5. The summed E-state index contributed by atoms with van der Waals surface area (Å²) in [7, 11) is -22.3. The number of amides is 1. The molecule has 6 aromatic rings. The van der Waals surface area contributed by atoms with E-state index in [2.05, 4.69) is 14.6 Å². The van der Waals surface area contributed by atoms with Crippen molar-refractivity contribution in [3.8, 4) is 0 Å². The van der Waals surface area contributed by atoms with E-state index in [0.29, 0.717) is 70.3 Å². The predicted molar refractivity (Wildman–Crippen MR) is 311 cm³/mol. The fraction of sp³-hybridized carbons (Fsp3) is 0.278. The van der Waals surface area contributed by atoms with Crippen LogP contribution in [-0.2, 0) is 79.6 Å². The quantitative estimate of drug-likeness (QED) is 0.0206. The van der Waals surface area contributed by atoms with Gasteiger partial charge in [0.15, 0.2) is 5.71 Å². The van der Waals surface area contributed by atoms with Gasteiger partial charge in [-0.2, -0.15) is 38.2 Å². The molecule has 29 heteroatoms. The molecule has 0 radical (unpaired) electrons. The molecule has 0 spiro atoms. The Morgan fingerprint density at radius 1 is 0.759 bits per heavy atom. The number of pyridine rings is 1. The molecule has 0 fully saturated rings. The average molecular weight is 1260 g/mol. The number of aromatic nitrogens is 1. The van der Waals surface area contributed by atoms with Gasteiger partial charge in [-0.05, 0) is 139 Å². The summed E-state index contributed by atoms with van der Waals surface area (Å²) in [6.45, 7) is 12.1. The molecule has 83 heavy (non-hydrogen) atoms. The minimum Gasteiger partial charge on any atom is -0.755 e. The molecule has 1 amide bonds. The summed E-state index contributed by atoms with van der Waals surface area (Å²) >= 11 is -2.48. The highest BCUT2D eigenvalue weighted by molar-refractivity contribution is 7.87. The van der Waals surface area contributed by atoms with Crippen molar-refractivity contribution in [2.45, 2.75) is 86.3 Å². The van der Waals surface area contributed by atoms with E-state index in [-0.39, 0.29) is 40.7 Å². The van der Waals surface area contributed by atoms with Crippen LogP contribution in [0.25, 0.3) is 27.1 Å². The van der Waals surface area contributed by atoms with Crippen LogP contribution in [0.15, 0.2) is 136 Å². The summed E-state index contributed by atoms with van der Waals surface area (Å²) < 4.78 is 192. The van der Waals surface area contributed by atoms with Gasteiger partial charge in [-0.3, -0.25) is 32.2 Å². The lowest BCUT2D eigenvalue weighted by molar-refractivity contribution is -0.437. The lowest BCUT2D eigenvalue weighted by atomic mass is 9.78. The number of benzene rings is 5. The molecule has 2 aliphatic heterocycles. The second-order valence-corrected chi connectivity index (χ2v) is 27.3. The Bertz CT molecular complexity index is 4370. The number of anilines is 2. The molecular weight excluding hydrogens is 1200 g/mol. The van der Waals surface area contributed by atoms with E-state index in [1.54, 1.807) is 80.3 Å². The van der Waals surface area contributed by atoms with Gasteiger partial charge in [0, 0.05) is 88.1 Å². The molecule has 0 aliphatic carbocycles. The third-order valence-electron chi connectivity index (χ3n) is 14.2. The van der Waals surface area contributed by atoms with Crippen LogP contribution in [0.3, 0.4) is 0 Å². The van der Waals surface area contributed by atoms with Gasteiger partial charge in [0.1, 0.15) is 11.4 Å². The van der Waals surface area contributed by atoms with Crippen molar-refractivity contribution in [3.63, 3.8) is 0 Å². The maximum Gasteiger partial charge on any atom is 0.425 e. The first-order valence-electron chi connectivity index (χ1n) is 25.1. The number of hydrogen-bond donors (Lipinski definition) is 6. The standard InChI is InChI=1S/C54H57N5O15S5.O3S/c1-7-25-58-45-19-16-40-33(2)28-38(77(66,67)68)29-42(40)50(45)53(3,4)48(58)21-12-35(44-18-11-36(32-56-44)52(60)55-24-23-34-9-14-37(15-10-34)57-75(61)62)13-22-49-54(5,6)51-43-30-39(78(69,70)71)31-47(79(72,73)74)41(43)17-20-46(51)59(49)26-8-27-76(63,64)65;1-4(2)3/h9-22,28-32,57H,7-8,23-27H2,1-6H3,(H5-,55,60,61,62,63,64,65,66,67,68,69,70,71,72,73,74);. The van der Waals surface area contributed by atoms with Crippen LogP contribution in [0.5, 0.6) is 0 Å². The molecule has 0 saturated heterocycles. The number of fused-ring (bicyclic) bond motifs is 6. The molecule has 6 N–H and O–H groups in total. The summed E-state index contributed by atoms with van der Waals surface area (Å²) in [5.41, 5.74) is 4.67.